The summed E-state index contributed by atoms with van der Waals surface area (Å²) >= 11 is 11.8. The van der Waals surface area contributed by atoms with Crippen LogP contribution in [0.15, 0.2) is 12.1 Å². The van der Waals surface area contributed by atoms with Gasteiger partial charge >= 0.3 is 0 Å². The molecule has 1 fully saturated rings. The molecule has 7 heteroatoms. The smallest absolute Gasteiger partial charge is 0.262 e. The molecule has 112 valence electrons. The molecule has 1 saturated heterocycles. The van der Waals surface area contributed by atoms with Crippen LogP contribution < -0.4 is 0 Å². The Morgan fingerprint density at radius 3 is 2.29 bits per heavy atom. The van der Waals surface area contributed by atoms with E-state index in [-0.39, 0.29) is 34.6 Å². The van der Waals surface area contributed by atoms with Crippen molar-refractivity contribution >= 4 is 35.0 Å². The predicted molar refractivity (Wildman–Crippen MR) is 78.8 cm³/mol. The van der Waals surface area contributed by atoms with E-state index in [1.165, 1.54) is 17.0 Å². The SMILES string of the molecule is C[C@@H]1CN(CN2C(=O)c3cc(Cl)c(Cl)cc3C2=O)CCO1. The first kappa shape index (κ1) is 14.8. The first-order chi connectivity index (χ1) is 9.97. The molecule has 0 aromatic heterocycles. The Morgan fingerprint density at radius 1 is 1.19 bits per heavy atom. The lowest BCUT2D eigenvalue weighted by atomic mass is 10.1. The zero-order valence-corrected chi connectivity index (χ0v) is 12.9. The number of imide groups is 1. The normalized spacial score (nSPS) is 22.8. The van der Waals surface area contributed by atoms with Gasteiger partial charge in [-0.2, -0.15) is 0 Å². The second-order valence-electron chi connectivity index (χ2n) is 5.25. The predicted octanol–water partition coefficient (Wildman–Crippen LogP) is 2.27. The van der Waals surface area contributed by atoms with Crippen molar-refractivity contribution < 1.29 is 14.3 Å². The molecular weight excluding hydrogens is 315 g/mol. The third-order valence-electron chi connectivity index (χ3n) is 3.68. The highest BCUT2D eigenvalue weighted by Crippen LogP contribution is 2.31. The lowest BCUT2D eigenvalue weighted by molar-refractivity contribution is -0.0310. The zero-order chi connectivity index (χ0) is 15.1. The van der Waals surface area contributed by atoms with Crippen LogP contribution in [0.25, 0.3) is 0 Å². The van der Waals surface area contributed by atoms with E-state index in [9.17, 15) is 9.59 Å². The summed E-state index contributed by atoms with van der Waals surface area (Å²) in [6, 6.07) is 2.92. The van der Waals surface area contributed by atoms with Gasteiger partial charge < -0.3 is 4.74 Å². The summed E-state index contributed by atoms with van der Waals surface area (Å²) in [5.74, 6) is -0.652. The summed E-state index contributed by atoms with van der Waals surface area (Å²) in [6.07, 6.45) is 0.0952. The van der Waals surface area contributed by atoms with Gasteiger partial charge in [0.1, 0.15) is 0 Å². The van der Waals surface area contributed by atoms with Gasteiger partial charge in [0.2, 0.25) is 0 Å². The van der Waals surface area contributed by atoms with Crippen LogP contribution in [0.2, 0.25) is 10.0 Å². The number of hydrogen-bond acceptors (Lipinski definition) is 4. The Kier molecular flexibility index (Phi) is 3.92. The van der Waals surface area contributed by atoms with E-state index in [2.05, 4.69) is 0 Å². The number of benzene rings is 1. The molecule has 0 aliphatic carbocycles. The van der Waals surface area contributed by atoms with E-state index in [0.717, 1.165) is 0 Å². The quantitative estimate of drug-likeness (QED) is 0.781. The van der Waals surface area contributed by atoms with Gasteiger partial charge in [-0.1, -0.05) is 23.2 Å². The highest BCUT2D eigenvalue weighted by Gasteiger charge is 2.37. The molecule has 1 aromatic rings. The highest BCUT2D eigenvalue weighted by atomic mass is 35.5. The van der Waals surface area contributed by atoms with Crippen LogP contribution in [0.1, 0.15) is 27.6 Å². The van der Waals surface area contributed by atoms with Crippen molar-refractivity contribution in [2.75, 3.05) is 26.4 Å². The van der Waals surface area contributed by atoms with E-state index in [1.54, 1.807) is 0 Å². The van der Waals surface area contributed by atoms with Crippen molar-refractivity contribution in [1.82, 2.24) is 9.80 Å². The summed E-state index contributed by atoms with van der Waals surface area (Å²) in [5, 5.41) is 0.553. The zero-order valence-electron chi connectivity index (χ0n) is 11.4. The Bertz CT molecular complexity index is 579. The fourth-order valence-electron chi connectivity index (χ4n) is 2.63. The monoisotopic (exact) mass is 328 g/mol. The minimum Gasteiger partial charge on any atom is -0.376 e. The van der Waals surface area contributed by atoms with Gasteiger partial charge in [0.05, 0.1) is 40.6 Å². The maximum atomic E-state index is 12.4. The van der Waals surface area contributed by atoms with Gasteiger partial charge in [-0.3, -0.25) is 19.4 Å². The van der Waals surface area contributed by atoms with Crippen LogP contribution in [0.4, 0.5) is 0 Å². The second-order valence-corrected chi connectivity index (χ2v) is 6.06. The van der Waals surface area contributed by atoms with Crippen LogP contribution in [-0.2, 0) is 4.74 Å². The average Bonchev–Trinajstić information content (AvgIpc) is 2.65. The number of carbonyl (C=O) groups is 2. The molecule has 21 heavy (non-hydrogen) atoms. The molecule has 0 saturated carbocycles. The second kappa shape index (κ2) is 5.57. The fraction of sp³-hybridized carbons (Fsp3) is 0.429. The number of fused-ring (bicyclic) bond motifs is 1. The van der Waals surface area contributed by atoms with Gasteiger partial charge in [-0.05, 0) is 19.1 Å². The van der Waals surface area contributed by atoms with E-state index in [1.807, 2.05) is 11.8 Å². The van der Waals surface area contributed by atoms with E-state index in [4.69, 9.17) is 27.9 Å². The van der Waals surface area contributed by atoms with Crippen molar-refractivity contribution in [3.63, 3.8) is 0 Å². The van der Waals surface area contributed by atoms with Crippen LogP contribution in [0, 0.1) is 0 Å². The molecule has 0 radical (unpaired) electrons. The first-order valence-electron chi connectivity index (χ1n) is 6.66. The van der Waals surface area contributed by atoms with E-state index < -0.39 is 0 Å². The van der Waals surface area contributed by atoms with Crippen molar-refractivity contribution in [2.24, 2.45) is 0 Å². The van der Waals surface area contributed by atoms with Crippen molar-refractivity contribution in [3.8, 4) is 0 Å². The number of halogens is 2. The third-order valence-corrected chi connectivity index (χ3v) is 4.40. The molecule has 0 bridgehead atoms. The molecule has 2 heterocycles. The first-order valence-corrected chi connectivity index (χ1v) is 7.42. The van der Waals surface area contributed by atoms with E-state index in [0.29, 0.717) is 30.8 Å². The molecule has 0 spiro atoms. The molecule has 5 nitrogen and oxygen atoms in total. The largest absolute Gasteiger partial charge is 0.376 e. The molecule has 3 rings (SSSR count). The summed E-state index contributed by atoms with van der Waals surface area (Å²) < 4.78 is 5.45. The van der Waals surface area contributed by atoms with Gasteiger partial charge in [-0.25, -0.2) is 0 Å². The summed E-state index contributed by atoms with van der Waals surface area (Å²) in [5.41, 5.74) is 0.631. The van der Waals surface area contributed by atoms with Crippen LogP contribution >= 0.6 is 23.2 Å². The summed E-state index contributed by atoms with van der Waals surface area (Å²) in [6.45, 7) is 4.21. The maximum absolute atomic E-state index is 12.4. The maximum Gasteiger partial charge on any atom is 0.262 e. The molecule has 2 amide bonds. The Morgan fingerprint density at radius 2 is 1.76 bits per heavy atom. The molecule has 1 atom stereocenters. The lowest BCUT2D eigenvalue weighted by Crippen LogP contribution is -2.48. The van der Waals surface area contributed by atoms with Crippen LogP contribution in [-0.4, -0.2) is 54.1 Å². The standard InChI is InChI=1S/C14H14Cl2N2O3/c1-8-6-17(2-3-21-8)7-18-13(19)9-4-11(15)12(16)5-10(9)14(18)20/h4-5,8H,2-3,6-7H2,1H3/t8-/m1/s1. The molecule has 0 N–H and O–H groups in total. The molecule has 2 aliphatic heterocycles. The Labute approximate surface area is 132 Å². The molecule has 2 aliphatic rings. The summed E-state index contributed by atoms with van der Waals surface area (Å²) in [7, 11) is 0. The van der Waals surface area contributed by atoms with Gasteiger partial charge in [-0.15, -0.1) is 0 Å². The minimum absolute atomic E-state index is 0.0952. The number of carbonyl (C=O) groups excluding carboxylic acids is 2. The summed E-state index contributed by atoms with van der Waals surface area (Å²) in [4.78, 5) is 28.0. The third kappa shape index (κ3) is 2.66. The lowest BCUT2D eigenvalue weighted by Gasteiger charge is -2.33. The number of amides is 2. The number of rotatable bonds is 2. The van der Waals surface area contributed by atoms with Gasteiger partial charge in [0, 0.05) is 13.1 Å². The van der Waals surface area contributed by atoms with Crippen molar-refractivity contribution in [2.45, 2.75) is 13.0 Å². The van der Waals surface area contributed by atoms with Crippen molar-refractivity contribution in [1.29, 1.82) is 0 Å². The highest BCUT2D eigenvalue weighted by molar-refractivity contribution is 6.43. The van der Waals surface area contributed by atoms with Crippen LogP contribution in [0.3, 0.4) is 0 Å². The van der Waals surface area contributed by atoms with Gasteiger partial charge in [0.25, 0.3) is 11.8 Å². The molecule has 1 aromatic carbocycles. The average molecular weight is 329 g/mol. The molecule has 0 unspecified atom stereocenters. The van der Waals surface area contributed by atoms with Crippen LogP contribution in [0.5, 0.6) is 0 Å². The topological polar surface area (TPSA) is 49.9 Å². The number of morpholine rings is 1. The molecular formula is C14H14Cl2N2O3. The van der Waals surface area contributed by atoms with E-state index >= 15 is 0 Å². The van der Waals surface area contributed by atoms with Gasteiger partial charge in [0.15, 0.2) is 0 Å². The number of ether oxygens (including phenoxy) is 1. The number of nitrogens with zero attached hydrogens (tertiary/aromatic N) is 2. The Balaban J connectivity index is 1.83. The fourth-order valence-corrected chi connectivity index (χ4v) is 2.96. The van der Waals surface area contributed by atoms with Crippen molar-refractivity contribution in [3.05, 3.63) is 33.3 Å². The minimum atomic E-state index is -0.326. The Hall–Kier alpha value is -1.14. The number of hydrogen-bond donors (Lipinski definition) is 0.